The van der Waals surface area contributed by atoms with Gasteiger partial charge >= 0.3 is 12.1 Å². The van der Waals surface area contributed by atoms with Gasteiger partial charge in [0.1, 0.15) is 11.9 Å². The van der Waals surface area contributed by atoms with Crippen molar-refractivity contribution in [1.82, 2.24) is 10.3 Å². The van der Waals surface area contributed by atoms with Gasteiger partial charge in [0, 0.05) is 12.0 Å². The summed E-state index contributed by atoms with van der Waals surface area (Å²) in [5.74, 6) is -2.73. The highest BCUT2D eigenvalue weighted by Gasteiger charge is 2.33. The topological polar surface area (TPSA) is 121 Å². The van der Waals surface area contributed by atoms with Gasteiger partial charge in [-0.3, -0.25) is 19.4 Å². The fourth-order valence-corrected chi connectivity index (χ4v) is 3.22. The number of hydrogen-bond acceptors (Lipinski definition) is 6. The number of aromatic nitrogens is 1. The third-order valence-electron chi connectivity index (χ3n) is 5.05. The zero-order valence-electron chi connectivity index (χ0n) is 23.8. The molecule has 0 saturated carbocycles. The zero-order valence-corrected chi connectivity index (χ0v) is 23.8. The van der Waals surface area contributed by atoms with Crippen LogP contribution in [0.1, 0.15) is 57.0 Å². The van der Waals surface area contributed by atoms with Gasteiger partial charge in [-0.15, -0.1) is 0 Å². The summed E-state index contributed by atoms with van der Waals surface area (Å²) in [7, 11) is 0.759. The van der Waals surface area contributed by atoms with E-state index in [1.807, 2.05) is 27.7 Å². The number of ether oxygens (including phenoxy) is 1. The van der Waals surface area contributed by atoms with E-state index >= 15 is 0 Å². The summed E-state index contributed by atoms with van der Waals surface area (Å²) in [6.07, 6.45) is -0.411. The number of carbonyl (C=O) groups is 3. The number of benzene rings is 1. The monoisotopic (exact) mass is 571 g/mol. The number of nitrogens with one attached hydrogen (secondary N) is 2. The molecule has 2 atom stereocenters. The minimum atomic E-state index is -4.54. The van der Waals surface area contributed by atoms with E-state index in [1.165, 1.54) is 37.4 Å². The maximum absolute atomic E-state index is 13.1. The van der Waals surface area contributed by atoms with Crippen LogP contribution >= 0.6 is 0 Å². The average Bonchev–Trinajstić information content (AvgIpc) is 2.97. The molecule has 2 unspecified atom stereocenters. The van der Waals surface area contributed by atoms with Crippen LogP contribution in [0.15, 0.2) is 49.7 Å². The van der Waals surface area contributed by atoms with Gasteiger partial charge in [-0.05, 0) is 42.7 Å². The predicted octanol–water partition coefficient (Wildman–Crippen LogP) is 5.64. The number of hydrogen-bond donors (Lipinski definition) is 2. The van der Waals surface area contributed by atoms with E-state index in [1.54, 1.807) is 12.0 Å². The van der Waals surface area contributed by atoms with Crippen molar-refractivity contribution in [2.75, 3.05) is 11.9 Å². The average molecular weight is 571 g/mol. The molecule has 1 aromatic heterocycles. The number of nitriles is 1. The summed E-state index contributed by atoms with van der Waals surface area (Å²) in [5, 5.41) is 14.0. The van der Waals surface area contributed by atoms with Crippen molar-refractivity contribution in [3.8, 4) is 5.97 Å². The Labute approximate surface area is 239 Å². The first-order chi connectivity index (χ1) is 19.5. The first kappa shape index (κ1) is 36.6. The molecule has 8 nitrogen and oxygen atoms in total. The molecule has 2 amide bonds. The molecule has 0 aliphatic heterocycles. The van der Waals surface area contributed by atoms with Gasteiger partial charge in [-0.25, -0.2) is 5.26 Å². The van der Waals surface area contributed by atoms with Crippen LogP contribution in [0, 0.1) is 11.2 Å². The van der Waals surface area contributed by atoms with Gasteiger partial charge in [0.15, 0.2) is 0 Å². The van der Waals surface area contributed by atoms with Crippen molar-refractivity contribution in [3.05, 3.63) is 72.1 Å². The van der Waals surface area contributed by atoms with Crippen LogP contribution in [-0.4, -0.2) is 42.7 Å². The molecule has 2 aromatic rings. The number of rotatable bonds is 11. The van der Waals surface area contributed by atoms with Crippen LogP contribution in [-0.2, 0) is 31.7 Å². The standard InChI is InChI=1S/C25H23BF3N4O4.2C2H6/c1-4-16-12-18(13-31-19(16)5-2)32-22(34)20(11-15-7-9-17(10-8-15)25(27,28)29)33-23(35)21(26-14-30)24(36)37-6-3;2*1-2/h4-5,7-10,12-13,20-21H,1-2,6,11H2,3H3,(H,32,34)(H,33,35);2*1-2H3. The summed E-state index contributed by atoms with van der Waals surface area (Å²) in [4.78, 5) is 42.2. The van der Waals surface area contributed by atoms with Crippen molar-refractivity contribution < 1.29 is 32.3 Å². The molecule has 0 fully saturated rings. The van der Waals surface area contributed by atoms with E-state index in [9.17, 15) is 27.6 Å². The maximum atomic E-state index is 13.1. The fourth-order valence-electron chi connectivity index (χ4n) is 3.22. The SMILES string of the molecule is C=Cc1cc(NC(=O)C(Cc2ccc(C(F)(F)F)cc2)NC(=O)C([B]C#N)C(=O)OCC)cnc1C=C.CC.CC. The summed E-state index contributed by atoms with van der Waals surface area (Å²) in [6, 6.07) is 4.29. The number of esters is 1. The molecule has 0 saturated heterocycles. The minimum absolute atomic E-state index is 0.0449. The molecule has 41 heavy (non-hydrogen) atoms. The van der Waals surface area contributed by atoms with Crippen molar-refractivity contribution in [3.63, 3.8) is 0 Å². The number of pyridine rings is 1. The highest BCUT2D eigenvalue weighted by Crippen LogP contribution is 2.29. The fraction of sp³-hybridized carbons (Fsp3) is 0.345. The number of alkyl halides is 3. The normalized spacial score (nSPS) is 11.4. The smallest absolute Gasteiger partial charge is 0.416 e. The molecule has 2 N–H and O–H groups in total. The lowest BCUT2D eigenvalue weighted by Crippen LogP contribution is -2.48. The predicted molar refractivity (Wildman–Crippen MR) is 155 cm³/mol. The van der Waals surface area contributed by atoms with Crippen molar-refractivity contribution >= 4 is 42.9 Å². The van der Waals surface area contributed by atoms with Crippen LogP contribution in [0.3, 0.4) is 0 Å². The lowest BCUT2D eigenvalue weighted by atomic mass is 9.65. The highest BCUT2D eigenvalue weighted by molar-refractivity contribution is 6.57. The van der Waals surface area contributed by atoms with Gasteiger partial charge in [-0.2, -0.15) is 13.2 Å². The number of carbonyl (C=O) groups excluding carboxylic acids is 3. The number of nitrogens with zero attached hydrogens (tertiary/aromatic N) is 2. The second kappa shape index (κ2) is 18.8. The van der Waals surface area contributed by atoms with Gasteiger partial charge in [0.05, 0.1) is 29.7 Å². The summed E-state index contributed by atoms with van der Waals surface area (Å²) < 4.78 is 43.6. The molecule has 219 valence electrons. The summed E-state index contributed by atoms with van der Waals surface area (Å²) in [6.45, 7) is 16.8. The molecule has 0 aliphatic carbocycles. The van der Waals surface area contributed by atoms with E-state index in [2.05, 4.69) is 28.8 Å². The molecule has 0 spiro atoms. The summed E-state index contributed by atoms with van der Waals surface area (Å²) in [5.41, 5.74) is 0.770. The molecular formula is C29H35BF3N4O4. The van der Waals surface area contributed by atoms with Gasteiger partial charge in [0.25, 0.3) is 7.28 Å². The molecule has 1 heterocycles. The van der Waals surface area contributed by atoms with E-state index in [0.717, 1.165) is 19.4 Å². The van der Waals surface area contributed by atoms with Crippen LogP contribution < -0.4 is 10.6 Å². The van der Waals surface area contributed by atoms with E-state index in [0.29, 0.717) is 16.8 Å². The first-order valence-electron chi connectivity index (χ1n) is 13.0. The van der Waals surface area contributed by atoms with Crippen LogP contribution in [0.5, 0.6) is 0 Å². The van der Waals surface area contributed by atoms with Gasteiger partial charge in [-0.1, -0.05) is 59.1 Å². The van der Waals surface area contributed by atoms with Crippen molar-refractivity contribution in [2.45, 2.75) is 59.1 Å². The summed E-state index contributed by atoms with van der Waals surface area (Å²) >= 11 is 0. The second-order valence-electron chi connectivity index (χ2n) is 7.58. The van der Waals surface area contributed by atoms with Crippen LogP contribution in [0.4, 0.5) is 18.9 Å². The molecule has 2 rings (SSSR count). The van der Waals surface area contributed by atoms with E-state index in [4.69, 9.17) is 10.00 Å². The number of amides is 2. The molecule has 1 aromatic carbocycles. The highest BCUT2D eigenvalue weighted by atomic mass is 19.4. The van der Waals surface area contributed by atoms with E-state index < -0.39 is 41.4 Å². The first-order valence-corrected chi connectivity index (χ1v) is 13.0. The third kappa shape index (κ3) is 11.7. The van der Waals surface area contributed by atoms with Crippen molar-refractivity contribution in [1.29, 1.82) is 5.26 Å². The van der Waals surface area contributed by atoms with Crippen molar-refractivity contribution in [2.24, 2.45) is 0 Å². The Morgan fingerprint density at radius 1 is 1.10 bits per heavy atom. The molecule has 1 radical (unpaired) electrons. The van der Waals surface area contributed by atoms with Crippen LogP contribution in [0.25, 0.3) is 12.2 Å². The Morgan fingerprint density at radius 3 is 2.20 bits per heavy atom. The molecular weight excluding hydrogens is 536 g/mol. The number of halogens is 3. The number of anilines is 1. The lowest BCUT2D eigenvalue weighted by Gasteiger charge is -2.21. The molecule has 0 bridgehead atoms. The Morgan fingerprint density at radius 2 is 1.71 bits per heavy atom. The molecule has 0 aliphatic rings. The quantitative estimate of drug-likeness (QED) is 0.205. The second-order valence-corrected chi connectivity index (χ2v) is 7.58. The molecule has 12 heteroatoms. The van der Waals surface area contributed by atoms with Gasteiger partial charge in [0.2, 0.25) is 11.8 Å². The Balaban J connectivity index is 0.00000382. The largest absolute Gasteiger partial charge is 0.466 e. The third-order valence-corrected chi connectivity index (χ3v) is 5.05. The Bertz CT molecular complexity index is 1210. The Hall–Kier alpha value is -4.40. The lowest BCUT2D eigenvalue weighted by molar-refractivity contribution is -0.146. The Kier molecular flexibility index (Phi) is 16.8. The van der Waals surface area contributed by atoms with Crippen LogP contribution in [0.2, 0.25) is 5.82 Å². The zero-order chi connectivity index (χ0) is 31.6. The maximum Gasteiger partial charge on any atom is 0.416 e. The van der Waals surface area contributed by atoms with Gasteiger partial charge < -0.3 is 15.4 Å². The minimum Gasteiger partial charge on any atom is -0.466 e. The van der Waals surface area contributed by atoms with E-state index in [-0.39, 0.29) is 18.7 Å².